The Morgan fingerprint density at radius 3 is 2.42 bits per heavy atom. The van der Waals surface area contributed by atoms with Crippen LogP contribution in [0.3, 0.4) is 0 Å². The number of rotatable bonds is 5. The summed E-state index contributed by atoms with van der Waals surface area (Å²) in [7, 11) is -4.19. The third-order valence-corrected chi connectivity index (χ3v) is 7.39. The Labute approximate surface area is 181 Å². The lowest BCUT2D eigenvalue weighted by molar-refractivity contribution is -0.126. The predicted molar refractivity (Wildman–Crippen MR) is 117 cm³/mol. The number of hydrogen-bond acceptors (Lipinski definition) is 6. The molecule has 1 aliphatic heterocycles. The highest BCUT2D eigenvalue weighted by Gasteiger charge is 2.53. The van der Waals surface area contributed by atoms with Gasteiger partial charge in [0.2, 0.25) is 0 Å². The van der Waals surface area contributed by atoms with Gasteiger partial charge < -0.3 is 10.4 Å². The molecule has 1 unspecified atom stereocenters. The predicted octanol–water partition coefficient (Wildman–Crippen LogP) is 3.82. The molecule has 8 heteroatoms. The molecule has 1 atom stereocenters. The summed E-state index contributed by atoms with van der Waals surface area (Å²) in [6, 6.07) is 10.9. The van der Waals surface area contributed by atoms with Crippen molar-refractivity contribution in [3.8, 4) is 5.75 Å². The fourth-order valence-corrected chi connectivity index (χ4v) is 6.01. The van der Waals surface area contributed by atoms with Crippen molar-refractivity contribution in [3.05, 3.63) is 53.6 Å². The van der Waals surface area contributed by atoms with Crippen molar-refractivity contribution in [1.82, 2.24) is 0 Å². The molecule has 1 heterocycles. The summed E-state index contributed by atoms with van der Waals surface area (Å²) in [5.41, 5.74) is 0.461. The van der Waals surface area contributed by atoms with Crippen molar-refractivity contribution >= 4 is 33.1 Å². The molecule has 2 aromatic carbocycles. The second-order valence-electron chi connectivity index (χ2n) is 8.05. The maximum absolute atomic E-state index is 13.9. The zero-order valence-electron chi connectivity index (χ0n) is 17.4. The number of nitrogens with zero attached hydrogens (tertiary/aromatic N) is 1. The number of benzene rings is 2. The molecule has 2 aromatic rings. The van der Waals surface area contributed by atoms with E-state index < -0.39 is 27.1 Å². The van der Waals surface area contributed by atoms with Crippen LogP contribution in [0.1, 0.15) is 55.5 Å². The zero-order chi connectivity index (χ0) is 22.4. The van der Waals surface area contributed by atoms with Gasteiger partial charge in [-0.05, 0) is 30.5 Å². The average Bonchev–Trinajstić information content (AvgIpc) is 2.73. The summed E-state index contributed by atoms with van der Waals surface area (Å²) in [6.07, 6.45) is 2.60. The SMILES string of the molecule is CCCC1(CCC)C(=O)C(C2=NS(=O)(=O)c3cc(O)ccc3N2)C(=O)c2ccccc21. The van der Waals surface area contributed by atoms with Crippen LogP contribution >= 0.6 is 0 Å². The molecule has 0 radical (unpaired) electrons. The number of nitrogens with one attached hydrogen (secondary N) is 1. The Bertz CT molecular complexity index is 1210. The van der Waals surface area contributed by atoms with Crippen LogP contribution in [0.15, 0.2) is 51.8 Å². The molecule has 1 aliphatic carbocycles. The zero-order valence-corrected chi connectivity index (χ0v) is 18.2. The summed E-state index contributed by atoms with van der Waals surface area (Å²) < 4.78 is 29.4. The van der Waals surface area contributed by atoms with Gasteiger partial charge in [0.25, 0.3) is 10.0 Å². The first-order chi connectivity index (χ1) is 14.7. The van der Waals surface area contributed by atoms with E-state index in [4.69, 9.17) is 0 Å². The molecule has 0 fully saturated rings. The molecule has 31 heavy (non-hydrogen) atoms. The minimum atomic E-state index is -4.19. The highest BCUT2D eigenvalue weighted by Crippen LogP contribution is 2.45. The van der Waals surface area contributed by atoms with E-state index in [0.29, 0.717) is 18.4 Å². The number of fused-ring (bicyclic) bond motifs is 2. The number of carbonyl (C=O) groups excluding carboxylic acids is 2. The largest absolute Gasteiger partial charge is 0.508 e. The van der Waals surface area contributed by atoms with E-state index in [1.807, 2.05) is 26.0 Å². The van der Waals surface area contributed by atoms with Crippen LogP contribution in [0, 0.1) is 5.92 Å². The Kier molecular flexibility index (Phi) is 5.21. The molecule has 0 saturated heterocycles. The molecule has 4 rings (SSSR count). The standard InChI is InChI=1S/C23H24N2O5S/c1-3-11-23(12-4-2)16-8-6-5-7-15(16)20(27)19(21(23)28)22-24-17-10-9-14(26)13-18(17)31(29,30)25-22/h5-10,13,19,26H,3-4,11-12H2,1-2H3,(H,24,25). The molecular formula is C23H24N2O5S. The van der Waals surface area contributed by atoms with Gasteiger partial charge in [-0.3, -0.25) is 9.59 Å². The highest BCUT2D eigenvalue weighted by molar-refractivity contribution is 7.90. The van der Waals surface area contributed by atoms with Gasteiger partial charge in [-0.15, -0.1) is 4.40 Å². The van der Waals surface area contributed by atoms with Crippen LogP contribution in [-0.4, -0.2) is 30.9 Å². The lowest BCUT2D eigenvalue weighted by Crippen LogP contribution is -2.52. The van der Waals surface area contributed by atoms with Crippen LogP contribution in [0.25, 0.3) is 0 Å². The average molecular weight is 441 g/mol. The Hall–Kier alpha value is -3.00. The van der Waals surface area contributed by atoms with E-state index in [-0.39, 0.29) is 28.0 Å². The number of sulfonamides is 1. The van der Waals surface area contributed by atoms with Crippen molar-refractivity contribution in [2.24, 2.45) is 10.3 Å². The van der Waals surface area contributed by atoms with Crippen molar-refractivity contribution < 1.29 is 23.1 Å². The van der Waals surface area contributed by atoms with Gasteiger partial charge in [0.1, 0.15) is 22.4 Å². The van der Waals surface area contributed by atoms with E-state index in [1.54, 1.807) is 12.1 Å². The lowest BCUT2D eigenvalue weighted by Gasteiger charge is -2.41. The maximum Gasteiger partial charge on any atom is 0.286 e. The second-order valence-corrected chi connectivity index (χ2v) is 9.62. The van der Waals surface area contributed by atoms with E-state index in [9.17, 15) is 23.1 Å². The van der Waals surface area contributed by atoms with Gasteiger partial charge >= 0.3 is 0 Å². The van der Waals surface area contributed by atoms with Gasteiger partial charge in [0.15, 0.2) is 11.6 Å². The molecule has 2 aliphatic rings. The van der Waals surface area contributed by atoms with E-state index in [2.05, 4.69) is 9.71 Å². The molecule has 0 aromatic heterocycles. The molecule has 0 spiro atoms. The molecular weight excluding hydrogens is 416 g/mol. The minimum absolute atomic E-state index is 0.179. The van der Waals surface area contributed by atoms with Crippen molar-refractivity contribution in [2.75, 3.05) is 5.32 Å². The number of aromatic hydroxyl groups is 1. The molecule has 2 N–H and O–H groups in total. The Balaban J connectivity index is 1.90. The number of ketones is 2. The fourth-order valence-electron chi connectivity index (χ4n) is 4.83. The molecule has 0 saturated carbocycles. The number of anilines is 1. The number of Topliss-reactive ketones (excluding diaryl/α,β-unsaturated/α-hetero) is 2. The van der Waals surface area contributed by atoms with Crippen molar-refractivity contribution in [1.29, 1.82) is 0 Å². The first-order valence-electron chi connectivity index (χ1n) is 10.4. The number of phenols is 1. The summed E-state index contributed by atoms with van der Waals surface area (Å²) in [5, 5.41) is 12.5. The highest BCUT2D eigenvalue weighted by atomic mass is 32.2. The van der Waals surface area contributed by atoms with Gasteiger partial charge in [-0.2, -0.15) is 8.42 Å². The van der Waals surface area contributed by atoms with Gasteiger partial charge in [0.05, 0.1) is 11.1 Å². The minimum Gasteiger partial charge on any atom is -0.508 e. The fraction of sp³-hybridized carbons (Fsp3) is 0.348. The van der Waals surface area contributed by atoms with E-state index in [0.717, 1.165) is 24.5 Å². The van der Waals surface area contributed by atoms with Crippen molar-refractivity contribution in [3.63, 3.8) is 0 Å². The van der Waals surface area contributed by atoms with E-state index in [1.165, 1.54) is 12.1 Å². The molecule has 0 amide bonds. The summed E-state index contributed by atoms with van der Waals surface area (Å²) >= 11 is 0. The summed E-state index contributed by atoms with van der Waals surface area (Å²) in [4.78, 5) is 27.1. The monoisotopic (exact) mass is 440 g/mol. The smallest absolute Gasteiger partial charge is 0.286 e. The molecule has 7 nitrogen and oxygen atoms in total. The maximum atomic E-state index is 13.9. The molecule has 0 bridgehead atoms. The summed E-state index contributed by atoms with van der Waals surface area (Å²) in [5.74, 6) is -2.49. The third-order valence-electron chi connectivity index (χ3n) is 6.06. The van der Waals surface area contributed by atoms with Gasteiger partial charge in [-0.1, -0.05) is 51.0 Å². The van der Waals surface area contributed by atoms with Crippen LogP contribution in [0.2, 0.25) is 0 Å². The van der Waals surface area contributed by atoms with Gasteiger partial charge in [-0.25, -0.2) is 0 Å². The van der Waals surface area contributed by atoms with Crippen LogP contribution in [-0.2, 0) is 20.2 Å². The second kappa shape index (κ2) is 7.60. The Morgan fingerprint density at radius 1 is 1.06 bits per heavy atom. The quantitative estimate of drug-likeness (QED) is 0.540. The number of amidine groups is 1. The van der Waals surface area contributed by atoms with Gasteiger partial charge in [0, 0.05) is 11.6 Å². The van der Waals surface area contributed by atoms with Crippen LogP contribution in [0.4, 0.5) is 5.69 Å². The summed E-state index contributed by atoms with van der Waals surface area (Å²) in [6.45, 7) is 3.98. The first-order valence-corrected chi connectivity index (χ1v) is 11.8. The first kappa shape index (κ1) is 21.2. The number of phenolic OH excluding ortho intramolecular Hbond substituents is 1. The lowest BCUT2D eigenvalue weighted by atomic mass is 9.60. The molecule has 162 valence electrons. The Morgan fingerprint density at radius 2 is 1.74 bits per heavy atom. The van der Waals surface area contributed by atoms with Crippen molar-refractivity contribution in [2.45, 2.75) is 49.8 Å². The normalized spacial score (nSPS) is 21.0. The van der Waals surface area contributed by atoms with E-state index >= 15 is 0 Å². The van der Waals surface area contributed by atoms with Crippen LogP contribution in [0.5, 0.6) is 5.75 Å². The topological polar surface area (TPSA) is 113 Å². The number of carbonyl (C=O) groups is 2. The van der Waals surface area contributed by atoms with Crippen LogP contribution < -0.4 is 5.32 Å². The third kappa shape index (κ3) is 3.26. The number of hydrogen-bond donors (Lipinski definition) is 2.